The maximum absolute atomic E-state index is 13.1. The molecule has 0 bridgehead atoms. The first-order chi connectivity index (χ1) is 12.4. The highest BCUT2D eigenvalue weighted by Crippen LogP contribution is 2.46. The molecule has 0 heterocycles. The van der Waals surface area contributed by atoms with Crippen molar-refractivity contribution in [3.05, 3.63) is 84.5 Å². The summed E-state index contributed by atoms with van der Waals surface area (Å²) in [6, 6.07) is 21.5. The van der Waals surface area contributed by atoms with Crippen LogP contribution in [0.1, 0.15) is 27.7 Å². The third-order valence-electron chi connectivity index (χ3n) is 4.56. The van der Waals surface area contributed by atoms with E-state index < -0.39 is 15.7 Å². The molecule has 3 heteroatoms. The summed E-state index contributed by atoms with van der Waals surface area (Å²) >= 11 is 0. The summed E-state index contributed by atoms with van der Waals surface area (Å²) in [7, 11) is -2.00. The molecule has 1 aliphatic carbocycles. The molecule has 2 aromatic rings. The van der Waals surface area contributed by atoms with Gasteiger partial charge in [0.2, 0.25) is 0 Å². The van der Waals surface area contributed by atoms with Gasteiger partial charge in [0.15, 0.2) is 0 Å². The molecule has 1 unspecified atom stereocenters. The zero-order chi connectivity index (χ0) is 18.7. The molecule has 1 nitrogen and oxygen atoms in total. The summed E-state index contributed by atoms with van der Waals surface area (Å²) in [5.74, 6) is 0. The van der Waals surface area contributed by atoms with Crippen LogP contribution in [0.3, 0.4) is 0 Å². The van der Waals surface area contributed by atoms with Crippen LogP contribution in [0.4, 0.5) is 0 Å². The molecule has 0 aromatic heterocycles. The van der Waals surface area contributed by atoms with Crippen molar-refractivity contribution in [2.24, 2.45) is 0 Å². The molecule has 26 heavy (non-hydrogen) atoms. The van der Waals surface area contributed by atoms with Crippen molar-refractivity contribution in [3.63, 3.8) is 0 Å². The fourth-order valence-electron chi connectivity index (χ4n) is 3.24. The minimum absolute atomic E-state index is 0.222. The molecule has 0 amide bonds. The molecule has 0 spiro atoms. The Kier molecular flexibility index (Phi) is 5.93. The maximum Gasteiger partial charge on any atom is 0.144 e. The lowest BCUT2D eigenvalue weighted by atomic mass is 10.2. The van der Waals surface area contributed by atoms with Crippen molar-refractivity contribution < 1.29 is 4.89 Å². The van der Waals surface area contributed by atoms with Crippen LogP contribution in [0.5, 0.6) is 0 Å². The summed E-state index contributed by atoms with van der Waals surface area (Å²) in [5.41, 5.74) is 1.54. The van der Waals surface area contributed by atoms with Gasteiger partial charge < -0.3 is 4.89 Å². The van der Waals surface area contributed by atoms with E-state index in [1.54, 1.807) is 0 Å². The number of benzene rings is 2. The number of hydrogen-bond donors (Lipinski definition) is 0. The minimum atomic E-state index is -1.44. The summed E-state index contributed by atoms with van der Waals surface area (Å²) in [4.78, 5) is 13.1. The summed E-state index contributed by atoms with van der Waals surface area (Å²) in [5, 5.41) is 3.53. The first-order valence-corrected chi connectivity index (χ1v) is 11.7. The van der Waals surface area contributed by atoms with Gasteiger partial charge in [-0.1, -0.05) is 79.7 Å². The van der Waals surface area contributed by atoms with Crippen LogP contribution < -0.4 is 15.5 Å². The SMILES string of the molecule is C[C@@H](C1=CC=C/C1=[P+](/[O-])C(C)(C)C)P(c1ccccc1)c1ccccc1. The molecule has 3 rings (SSSR count). The van der Waals surface area contributed by atoms with E-state index in [0.29, 0.717) is 5.66 Å². The van der Waals surface area contributed by atoms with Gasteiger partial charge in [-0.3, -0.25) is 0 Å². The van der Waals surface area contributed by atoms with Gasteiger partial charge in [-0.2, -0.15) is 0 Å². The van der Waals surface area contributed by atoms with Crippen LogP contribution in [-0.4, -0.2) is 16.1 Å². The molecular weight excluding hydrogens is 354 g/mol. The molecule has 0 radical (unpaired) electrons. The van der Waals surface area contributed by atoms with Crippen LogP contribution in [0.2, 0.25) is 0 Å². The molecule has 0 saturated heterocycles. The standard InChI is InChI=1S/C23H26OP2/c1-18(21-16-11-17-22(21)26(24)23(2,3)4)25(19-12-7-5-8-13-19)20-14-9-6-10-15-20/h5-18H,1-4H3/t18-/m0/s1. The van der Waals surface area contributed by atoms with E-state index in [1.807, 2.05) is 0 Å². The van der Waals surface area contributed by atoms with E-state index in [9.17, 15) is 4.89 Å². The van der Waals surface area contributed by atoms with Crippen LogP contribution in [0.25, 0.3) is 0 Å². The van der Waals surface area contributed by atoms with Crippen molar-refractivity contribution in [1.29, 1.82) is 0 Å². The van der Waals surface area contributed by atoms with Crippen molar-refractivity contribution in [2.45, 2.75) is 38.5 Å². The van der Waals surface area contributed by atoms with Crippen molar-refractivity contribution >= 4 is 31.6 Å². The van der Waals surface area contributed by atoms with Gasteiger partial charge in [0.1, 0.15) is 10.4 Å². The highest BCUT2D eigenvalue weighted by Gasteiger charge is 2.33. The van der Waals surface area contributed by atoms with Crippen LogP contribution in [-0.2, 0) is 0 Å². The second-order valence-corrected chi connectivity index (χ2v) is 12.5. The van der Waals surface area contributed by atoms with Crippen molar-refractivity contribution in [1.82, 2.24) is 0 Å². The normalized spacial score (nSPS) is 17.4. The third-order valence-corrected chi connectivity index (χ3v) is 9.38. The number of rotatable bonds is 4. The van der Waals surface area contributed by atoms with Crippen molar-refractivity contribution in [2.75, 3.05) is 0 Å². The molecule has 0 N–H and O–H groups in total. The predicted octanol–water partition coefficient (Wildman–Crippen LogP) is 4.73. The summed E-state index contributed by atoms with van der Waals surface area (Å²) in [6.45, 7) is 8.47. The minimum Gasteiger partial charge on any atom is -0.630 e. The maximum atomic E-state index is 13.1. The average molecular weight is 380 g/mol. The number of hydrogen-bond acceptors (Lipinski definition) is 1. The Morgan fingerprint density at radius 2 is 1.38 bits per heavy atom. The van der Waals surface area contributed by atoms with E-state index in [4.69, 9.17) is 0 Å². The first-order valence-electron chi connectivity index (χ1n) is 9.02. The van der Waals surface area contributed by atoms with Gasteiger partial charge in [-0.15, -0.1) is 0 Å². The van der Waals surface area contributed by atoms with Gasteiger partial charge in [-0.25, -0.2) is 0 Å². The molecule has 134 valence electrons. The van der Waals surface area contributed by atoms with Crippen LogP contribution in [0, 0.1) is 0 Å². The van der Waals surface area contributed by atoms with E-state index >= 15 is 0 Å². The van der Waals surface area contributed by atoms with Crippen LogP contribution in [0.15, 0.2) is 84.5 Å². The zero-order valence-electron chi connectivity index (χ0n) is 15.9. The predicted molar refractivity (Wildman–Crippen MR) is 117 cm³/mol. The van der Waals surface area contributed by atoms with Gasteiger partial charge in [-0.05, 0) is 45.4 Å². The second kappa shape index (κ2) is 8.01. The topological polar surface area (TPSA) is 23.1 Å². The van der Waals surface area contributed by atoms with Gasteiger partial charge in [0.05, 0.1) is 7.77 Å². The smallest absolute Gasteiger partial charge is 0.144 e. The Bertz CT molecular complexity index is 803. The molecule has 1 aliphatic rings. The van der Waals surface area contributed by atoms with Gasteiger partial charge in [0.25, 0.3) is 0 Å². The lowest BCUT2D eigenvalue weighted by molar-refractivity contribution is -0.156. The quantitative estimate of drug-likeness (QED) is 0.703. The Labute approximate surface area is 159 Å². The molecular formula is C23H26OP2. The molecule has 0 saturated carbocycles. The zero-order valence-corrected chi connectivity index (χ0v) is 17.7. The Hall–Kier alpha value is -1.52. The van der Waals surface area contributed by atoms with E-state index in [-0.39, 0.29) is 5.16 Å². The second-order valence-electron chi connectivity index (χ2n) is 7.55. The highest BCUT2D eigenvalue weighted by atomic mass is 31.1. The Morgan fingerprint density at radius 1 is 0.885 bits per heavy atom. The monoisotopic (exact) mass is 380 g/mol. The fraction of sp³-hybridized carbons (Fsp3) is 0.261. The summed E-state index contributed by atoms with van der Waals surface area (Å²) in [6.07, 6.45) is 6.28. The van der Waals surface area contributed by atoms with E-state index in [2.05, 4.69) is 107 Å². The molecule has 2 atom stereocenters. The van der Waals surface area contributed by atoms with Crippen LogP contribution >= 0.6 is 15.7 Å². The Morgan fingerprint density at radius 3 is 1.85 bits per heavy atom. The Balaban J connectivity index is 2.06. The van der Waals surface area contributed by atoms with E-state index in [1.165, 1.54) is 16.2 Å². The summed E-state index contributed by atoms with van der Waals surface area (Å²) < 4.78 is 0. The van der Waals surface area contributed by atoms with E-state index in [0.717, 1.165) is 5.29 Å². The van der Waals surface area contributed by atoms with Gasteiger partial charge in [0, 0.05) is 11.2 Å². The first kappa shape index (κ1) is 19.2. The average Bonchev–Trinajstić information content (AvgIpc) is 3.12. The van der Waals surface area contributed by atoms with Crippen molar-refractivity contribution in [3.8, 4) is 0 Å². The van der Waals surface area contributed by atoms with Gasteiger partial charge >= 0.3 is 0 Å². The lowest BCUT2D eigenvalue weighted by Crippen LogP contribution is -2.25. The fourth-order valence-corrected chi connectivity index (χ4v) is 7.47. The number of allylic oxidation sites excluding steroid dienone is 4. The molecule has 0 fully saturated rings. The molecule has 0 aliphatic heterocycles. The third kappa shape index (κ3) is 4.07. The lowest BCUT2D eigenvalue weighted by Gasteiger charge is -2.28. The molecule has 2 aromatic carbocycles. The largest absolute Gasteiger partial charge is 0.630 e. The highest BCUT2D eigenvalue weighted by molar-refractivity contribution is 7.74.